The van der Waals surface area contributed by atoms with Crippen molar-refractivity contribution in [3.63, 3.8) is 0 Å². The number of imide groups is 1. The number of carboxylic acids is 1. The van der Waals surface area contributed by atoms with Crippen molar-refractivity contribution in [3.8, 4) is 5.75 Å². The Morgan fingerprint density at radius 2 is 1.67 bits per heavy atom. The molecule has 0 aromatic heterocycles. The Morgan fingerprint density at radius 3 is 2.43 bits per heavy atom. The summed E-state index contributed by atoms with van der Waals surface area (Å²) in [6.07, 6.45) is 3.69. The summed E-state index contributed by atoms with van der Waals surface area (Å²) >= 11 is 0. The first kappa shape index (κ1) is 25.8. The van der Waals surface area contributed by atoms with Crippen molar-refractivity contribution in [2.45, 2.75) is 25.7 Å². The summed E-state index contributed by atoms with van der Waals surface area (Å²) in [6, 6.07) is 16.4. The molecule has 8 heteroatoms. The minimum Gasteiger partial charge on any atom is -0.507 e. The molecule has 208 valence electrons. The Kier molecular flexibility index (Phi) is 5.66. The van der Waals surface area contributed by atoms with Crippen LogP contribution in [0.3, 0.4) is 0 Å². The van der Waals surface area contributed by atoms with E-state index in [1.54, 1.807) is 25.1 Å². The third kappa shape index (κ3) is 3.57. The highest BCUT2D eigenvalue weighted by molar-refractivity contribution is 6.25. The number of benzene rings is 3. The molecule has 3 aromatic rings. The molecule has 4 aliphatic rings. The third-order valence-corrected chi connectivity index (χ3v) is 9.16. The van der Waals surface area contributed by atoms with E-state index in [1.807, 2.05) is 24.3 Å². The molecule has 0 bridgehead atoms. The Hall–Kier alpha value is -5.11. The molecule has 1 aliphatic heterocycles. The van der Waals surface area contributed by atoms with E-state index < -0.39 is 41.5 Å². The maximum absolute atomic E-state index is 14.1. The van der Waals surface area contributed by atoms with Gasteiger partial charge in [-0.25, -0.2) is 4.79 Å². The molecule has 2 amide bonds. The van der Waals surface area contributed by atoms with Crippen molar-refractivity contribution in [2.24, 2.45) is 17.8 Å². The van der Waals surface area contributed by atoms with Gasteiger partial charge in [-0.15, -0.1) is 0 Å². The molecule has 42 heavy (non-hydrogen) atoms. The molecular formula is C34H25NO7. The number of anilines is 1. The lowest BCUT2D eigenvalue weighted by Gasteiger charge is -2.42. The molecule has 3 aliphatic carbocycles. The number of carbonyl (C=O) groups excluding carboxylic acids is 4. The predicted molar refractivity (Wildman–Crippen MR) is 153 cm³/mol. The molecule has 0 spiro atoms. The van der Waals surface area contributed by atoms with Gasteiger partial charge in [-0.05, 0) is 67.0 Å². The van der Waals surface area contributed by atoms with Crippen LogP contribution in [0.5, 0.6) is 5.75 Å². The molecule has 0 radical (unpaired) electrons. The van der Waals surface area contributed by atoms with Crippen molar-refractivity contribution in [1.82, 2.24) is 0 Å². The van der Waals surface area contributed by atoms with Crippen LogP contribution in [0.4, 0.5) is 5.69 Å². The second-order valence-corrected chi connectivity index (χ2v) is 11.3. The molecule has 1 heterocycles. The van der Waals surface area contributed by atoms with Gasteiger partial charge in [-0.2, -0.15) is 0 Å². The van der Waals surface area contributed by atoms with Crippen molar-refractivity contribution in [1.29, 1.82) is 0 Å². The molecular weight excluding hydrogens is 534 g/mol. The number of nitrogens with zero attached hydrogens (tertiary/aromatic N) is 1. The number of rotatable bonds is 3. The van der Waals surface area contributed by atoms with E-state index in [1.165, 1.54) is 30.3 Å². The van der Waals surface area contributed by atoms with Crippen LogP contribution in [0, 0.1) is 17.8 Å². The van der Waals surface area contributed by atoms with E-state index in [2.05, 4.69) is 0 Å². The minimum atomic E-state index is -1.17. The first-order valence-electron chi connectivity index (χ1n) is 13.8. The smallest absolute Gasteiger partial charge is 0.335 e. The largest absolute Gasteiger partial charge is 0.507 e. The average molecular weight is 560 g/mol. The molecule has 1 saturated heterocycles. The van der Waals surface area contributed by atoms with Crippen LogP contribution in [0.1, 0.15) is 41.6 Å². The second-order valence-electron chi connectivity index (χ2n) is 11.3. The third-order valence-electron chi connectivity index (χ3n) is 9.16. The predicted octanol–water partition coefficient (Wildman–Crippen LogP) is 4.88. The quantitative estimate of drug-likeness (QED) is 0.266. The van der Waals surface area contributed by atoms with Gasteiger partial charge >= 0.3 is 5.97 Å². The molecule has 4 atom stereocenters. The zero-order valence-corrected chi connectivity index (χ0v) is 22.5. The number of ketones is 2. The molecule has 8 nitrogen and oxygen atoms in total. The Bertz CT molecular complexity index is 1890. The number of hydrogen-bond donors (Lipinski definition) is 2. The lowest BCUT2D eigenvalue weighted by atomic mass is 9.59. The van der Waals surface area contributed by atoms with Crippen molar-refractivity contribution < 1.29 is 34.2 Å². The van der Waals surface area contributed by atoms with Gasteiger partial charge < -0.3 is 10.2 Å². The molecule has 3 aromatic carbocycles. The van der Waals surface area contributed by atoms with E-state index >= 15 is 0 Å². The van der Waals surface area contributed by atoms with E-state index in [4.69, 9.17) is 0 Å². The number of amides is 2. The Balaban J connectivity index is 1.40. The number of phenols is 1. The molecule has 0 saturated carbocycles. The van der Waals surface area contributed by atoms with E-state index in [0.29, 0.717) is 22.1 Å². The number of phenolic OH excluding ortho intramolecular Hbond substituents is 1. The average Bonchev–Trinajstić information content (AvgIpc) is 3.25. The number of Topliss-reactive ketones (excluding diaryl/α,β-unsaturated/α-hetero) is 1. The number of fused-ring (bicyclic) bond motifs is 4. The van der Waals surface area contributed by atoms with Gasteiger partial charge in [0.2, 0.25) is 11.8 Å². The van der Waals surface area contributed by atoms with Crippen LogP contribution in [0.2, 0.25) is 0 Å². The topological polar surface area (TPSA) is 129 Å². The number of aromatic hydroxyl groups is 1. The normalized spacial score (nSPS) is 25.2. The summed E-state index contributed by atoms with van der Waals surface area (Å²) in [6.45, 7) is 1.62. The zero-order chi connectivity index (χ0) is 29.4. The Morgan fingerprint density at radius 1 is 0.905 bits per heavy atom. The Labute approximate surface area is 240 Å². The van der Waals surface area contributed by atoms with Crippen molar-refractivity contribution >= 4 is 45.8 Å². The van der Waals surface area contributed by atoms with Gasteiger partial charge in [0.1, 0.15) is 5.75 Å². The monoisotopic (exact) mass is 559 g/mol. The maximum atomic E-state index is 14.1. The molecule has 4 unspecified atom stereocenters. The van der Waals surface area contributed by atoms with Crippen LogP contribution < -0.4 is 4.90 Å². The second kappa shape index (κ2) is 9.21. The number of hydrogen-bond acceptors (Lipinski definition) is 6. The highest BCUT2D eigenvalue weighted by Gasteiger charge is 2.56. The van der Waals surface area contributed by atoms with Gasteiger partial charge in [0.15, 0.2) is 11.6 Å². The van der Waals surface area contributed by atoms with Crippen LogP contribution in [0.25, 0.3) is 10.8 Å². The summed E-state index contributed by atoms with van der Waals surface area (Å²) in [7, 11) is 0. The lowest BCUT2D eigenvalue weighted by molar-refractivity contribution is -0.123. The SMILES string of the molecule is CC1=CC(=O)C2=C(C1=O)C(c1ccc(O)c3ccccc13)C1=CCC3C(=O)N(c4cccc(C(=O)O)c4)C(=O)C3C1C2. The number of aromatic carboxylic acids is 1. The molecule has 2 N–H and O–H groups in total. The van der Waals surface area contributed by atoms with Crippen LogP contribution in [-0.2, 0) is 19.2 Å². The summed E-state index contributed by atoms with van der Waals surface area (Å²) < 4.78 is 0. The number of carbonyl (C=O) groups is 5. The number of allylic oxidation sites excluding steroid dienone is 6. The van der Waals surface area contributed by atoms with Crippen LogP contribution in [-0.4, -0.2) is 39.6 Å². The van der Waals surface area contributed by atoms with Gasteiger partial charge in [0.25, 0.3) is 0 Å². The van der Waals surface area contributed by atoms with Gasteiger partial charge in [0.05, 0.1) is 23.1 Å². The van der Waals surface area contributed by atoms with Crippen LogP contribution >= 0.6 is 0 Å². The summed E-state index contributed by atoms with van der Waals surface area (Å²) in [5.41, 5.74) is 2.79. The fourth-order valence-electron chi connectivity index (χ4n) is 7.31. The highest BCUT2D eigenvalue weighted by Crippen LogP contribution is 2.56. The molecule has 7 rings (SSSR count). The van der Waals surface area contributed by atoms with E-state index in [0.717, 1.165) is 21.4 Å². The fourth-order valence-corrected chi connectivity index (χ4v) is 7.31. The molecule has 1 fully saturated rings. The summed E-state index contributed by atoms with van der Waals surface area (Å²) in [5.74, 6) is -5.05. The van der Waals surface area contributed by atoms with Crippen LogP contribution in [0.15, 0.2) is 95.1 Å². The maximum Gasteiger partial charge on any atom is 0.335 e. The standard InChI is InChI=1S/C34H25NO7/c1-16-13-27(37)25-15-24-22(28(30(25)31(16)38)21-11-12-26(36)20-8-3-2-7-19(20)21)9-10-23-29(24)33(40)35(32(23)39)18-6-4-5-17(14-18)34(41)42/h2-9,11-14,23-24,28-29,36H,10,15H2,1H3,(H,41,42). The van der Waals surface area contributed by atoms with E-state index in [-0.39, 0.29) is 41.4 Å². The van der Waals surface area contributed by atoms with Gasteiger partial charge in [-0.1, -0.05) is 48.0 Å². The first-order chi connectivity index (χ1) is 20.2. The summed E-state index contributed by atoms with van der Waals surface area (Å²) in [4.78, 5) is 67.5. The zero-order valence-electron chi connectivity index (χ0n) is 22.5. The van der Waals surface area contributed by atoms with Crippen molar-refractivity contribution in [2.75, 3.05) is 4.90 Å². The lowest BCUT2D eigenvalue weighted by Crippen LogP contribution is -2.39. The first-order valence-corrected chi connectivity index (χ1v) is 13.8. The fraction of sp³-hybridized carbons (Fsp3) is 0.206. The van der Waals surface area contributed by atoms with Gasteiger partial charge in [0, 0.05) is 28.0 Å². The minimum absolute atomic E-state index is 0.0398. The number of carboxylic acid groups (broad SMARTS) is 1. The highest BCUT2D eigenvalue weighted by atomic mass is 16.4. The van der Waals surface area contributed by atoms with E-state index in [9.17, 15) is 34.2 Å². The van der Waals surface area contributed by atoms with Gasteiger partial charge in [-0.3, -0.25) is 24.1 Å². The summed E-state index contributed by atoms with van der Waals surface area (Å²) in [5, 5.41) is 21.4. The van der Waals surface area contributed by atoms with Crippen molar-refractivity contribution in [3.05, 3.63) is 106 Å².